The van der Waals surface area contributed by atoms with Crippen LogP contribution in [0.3, 0.4) is 0 Å². The van der Waals surface area contributed by atoms with Crippen LogP contribution in [0.15, 0.2) is 66.7 Å². The van der Waals surface area contributed by atoms with Gasteiger partial charge in [0.2, 0.25) is 0 Å². The van der Waals surface area contributed by atoms with Gasteiger partial charge >= 0.3 is 12.1 Å². The standard InChI is InChI=1S/C26H24N2O4S/c29-25(30)22-15-17(9-10-24(22)28-11-13-33-14-12-28)27-26(31)32-16-23-20-7-3-1-5-18(20)19-6-2-4-8-21(19)23/h1-10,15,23H,11-14,16H2,(H,27,31)(H,29,30). The second-order valence-electron chi connectivity index (χ2n) is 8.09. The van der Waals surface area contributed by atoms with Gasteiger partial charge in [-0.2, -0.15) is 11.8 Å². The lowest BCUT2D eigenvalue weighted by molar-refractivity contribution is 0.0697. The number of carboxylic acid groups (broad SMARTS) is 1. The number of fused-ring (bicyclic) bond motifs is 3. The van der Waals surface area contributed by atoms with Gasteiger partial charge in [0.25, 0.3) is 0 Å². The molecule has 5 rings (SSSR count). The average Bonchev–Trinajstić information content (AvgIpc) is 3.17. The summed E-state index contributed by atoms with van der Waals surface area (Å²) in [5.41, 5.74) is 5.88. The number of benzene rings is 3. The number of ether oxygens (including phenoxy) is 1. The fourth-order valence-corrected chi connectivity index (χ4v) is 5.52. The molecule has 1 aliphatic carbocycles. The topological polar surface area (TPSA) is 78.9 Å². The van der Waals surface area contributed by atoms with E-state index in [1.54, 1.807) is 12.1 Å². The Labute approximate surface area is 196 Å². The highest BCUT2D eigenvalue weighted by Gasteiger charge is 2.29. The highest BCUT2D eigenvalue weighted by molar-refractivity contribution is 7.99. The highest BCUT2D eigenvalue weighted by atomic mass is 32.2. The van der Waals surface area contributed by atoms with E-state index in [9.17, 15) is 14.7 Å². The molecule has 3 aromatic carbocycles. The molecule has 1 heterocycles. The molecule has 2 aliphatic rings. The monoisotopic (exact) mass is 460 g/mol. The second-order valence-corrected chi connectivity index (χ2v) is 9.31. The Morgan fingerprint density at radius 1 is 0.970 bits per heavy atom. The number of amides is 1. The fraction of sp³-hybridized carbons (Fsp3) is 0.231. The van der Waals surface area contributed by atoms with E-state index in [-0.39, 0.29) is 18.1 Å². The maximum Gasteiger partial charge on any atom is 0.411 e. The summed E-state index contributed by atoms with van der Waals surface area (Å²) in [7, 11) is 0. The molecule has 3 aromatic rings. The number of rotatable bonds is 5. The lowest BCUT2D eigenvalue weighted by atomic mass is 9.98. The van der Waals surface area contributed by atoms with Crippen molar-refractivity contribution in [3.8, 4) is 11.1 Å². The van der Waals surface area contributed by atoms with Crippen LogP contribution in [0, 0.1) is 0 Å². The minimum Gasteiger partial charge on any atom is -0.478 e. The summed E-state index contributed by atoms with van der Waals surface area (Å²) in [6.45, 7) is 1.82. The van der Waals surface area contributed by atoms with Gasteiger partial charge in [0.05, 0.1) is 11.3 Å². The quantitative estimate of drug-likeness (QED) is 0.538. The van der Waals surface area contributed by atoms with Crippen LogP contribution in [0.25, 0.3) is 11.1 Å². The van der Waals surface area contributed by atoms with Crippen LogP contribution in [0.4, 0.5) is 16.2 Å². The van der Waals surface area contributed by atoms with E-state index in [2.05, 4.69) is 34.5 Å². The van der Waals surface area contributed by atoms with E-state index < -0.39 is 12.1 Å². The minimum absolute atomic E-state index is 0.0305. The van der Waals surface area contributed by atoms with Crippen molar-refractivity contribution in [2.24, 2.45) is 0 Å². The van der Waals surface area contributed by atoms with Crippen molar-refractivity contribution in [3.05, 3.63) is 83.4 Å². The number of carboxylic acids is 1. The van der Waals surface area contributed by atoms with Gasteiger partial charge in [0, 0.05) is 36.2 Å². The normalized spacial score (nSPS) is 15.0. The Kier molecular flexibility index (Phi) is 5.96. The van der Waals surface area contributed by atoms with Crippen molar-refractivity contribution in [1.82, 2.24) is 0 Å². The molecule has 1 fully saturated rings. The SMILES string of the molecule is O=C(Nc1ccc(N2CCSCC2)c(C(=O)O)c1)OCC1c2ccccc2-c2ccccc21. The Balaban J connectivity index is 1.29. The van der Waals surface area contributed by atoms with Crippen molar-refractivity contribution in [2.75, 3.05) is 41.4 Å². The number of hydrogen-bond acceptors (Lipinski definition) is 5. The van der Waals surface area contributed by atoms with Gasteiger partial charge in [-0.25, -0.2) is 9.59 Å². The predicted octanol–water partition coefficient (Wildman–Crippen LogP) is 5.30. The lowest BCUT2D eigenvalue weighted by Crippen LogP contribution is -2.33. The first-order valence-electron chi connectivity index (χ1n) is 10.9. The van der Waals surface area contributed by atoms with E-state index in [1.807, 2.05) is 36.0 Å². The van der Waals surface area contributed by atoms with Crippen molar-refractivity contribution in [2.45, 2.75) is 5.92 Å². The number of carbonyl (C=O) groups is 2. The predicted molar refractivity (Wildman–Crippen MR) is 132 cm³/mol. The molecule has 1 aliphatic heterocycles. The fourth-order valence-electron chi connectivity index (χ4n) is 4.62. The summed E-state index contributed by atoms with van der Waals surface area (Å²) < 4.78 is 5.58. The number of nitrogens with one attached hydrogen (secondary N) is 1. The van der Waals surface area contributed by atoms with Gasteiger partial charge in [-0.3, -0.25) is 5.32 Å². The van der Waals surface area contributed by atoms with Crippen molar-refractivity contribution >= 4 is 35.2 Å². The first-order chi connectivity index (χ1) is 16.1. The van der Waals surface area contributed by atoms with Crippen LogP contribution in [-0.2, 0) is 4.74 Å². The van der Waals surface area contributed by atoms with Gasteiger partial charge in [-0.1, -0.05) is 48.5 Å². The highest BCUT2D eigenvalue weighted by Crippen LogP contribution is 2.44. The summed E-state index contributed by atoms with van der Waals surface area (Å²) in [4.78, 5) is 26.5. The minimum atomic E-state index is -1.01. The van der Waals surface area contributed by atoms with Crippen LogP contribution in [-0.4, -0.2) is 48.4 Å². The molecular formula is C26H24N2O4S. The first kappa shape index (κ1) is 21.4. The van der Waals surface area contributed by atoms with Crippen molar-refractivity contribution in [1.29, 1.82) is 0 Å². The summed E-state index contributed by atoms with van der Waals surface area (Å²) in [6, 6.07) is 21.3. The smallest absolute Gasteiger partial charge is 0.411 e. The van der Waals surface area contributed by atoms with Crippen LogP contribution in [0.2, 0.25) is 0 Å². The Hall–Kier alpha value is -3.45. The number of nitrogens with zero attached hydrogens (tertiary/aromatic N) is 1. The molecule has 2 N–H and O–H groups in total. The zero-order valence-corrected chi connectivity index (χ0v) is 18.8. The second kappa shape index (κ2) is 9.19. The molecule has 33 heavy (non-hydrogen) atoms. The van der Waals surface area contributed by atoms with E-state index >= 15 is 0 Å². The summed E-state index contributed by atoms with van der Waals surface area (Å²) >= 11 is 1.86. The maximum atomic E-state index is 12.6. The van der Waals surface area contributed by atoms with Gasteiger partial charge in [0.1, 0.15) is 6.61 Å². The molecule has 1 amide bonds. The maximum absolute atomic E-state index is 12.6. The van der Waals surface area contributed by atoms with Gasteiger partial charge in [0.15, 0.2) is 0 Å². The molecular weight excluding hydrogens is 436 g/mol. The molecule has 0 bridgehead atoms. The van der Waals surface area contributed by atoms with E-state index in [1.165, 1.54) is 17.2 Å². The number of carbonyl (C=O) groups excluding carboxylic acids is 1. The molecule has 0 radical (unpaired) electrons. The Bertz CT molecular complexity index is 1160. The van der Waals surface area contributed by atoms with E-state index in [0.717, 1.165) is 35.7 Å². The molecule has 0 spiro atoms. The molecule has 0 saturated carbocycles. The molecule has 0 atom stereocenters. The molecule has 168 valence electrons. The number of aromatic carboxylic acids is 1. The summed E-state index contributed by atoms with van der Waals surface area (Å²) in [5, 5.41) is 12.4. The largest absolute Gasteiger partial charge is 0.478 e. The number of hydrogen-bond donors (Lipinski definition) is 2. The average molecular weight is 461 g/mol. The van der Waals surface area contributed by atoms with Crippen LogP contribution < -0.4 is 10.2 Å². The van der Waals surface area contributed by atoms with Crippen LogP contribution >= 0.6 is 11.8 Å². The number of anilines is 2. The van der Waals surface area contributed by atoms with Gasteiger partial charge in [-0.15, -0.1) is 0 Å². The summed E-state index contributed by atoms with van der Waals surface area (Å²) in [5.74, 6) is 0.897. The molecule has 6 nitrogen and oxygen atoms in total. The Morgan fingerprint density at radius 2 is 1.61 bits per heavy atom. The van der Waals surface area contributed by atoms with E-state index in [0.29, 0.717) is 11.4 Å². The van der Waals surface area contributed by atoms with E-state index in [4.69, 9.17) is 4.74 Å². The molecule has 7 heteroatoms. The first-order valence-corrected chi connectivity index (χ1v) is 12.1. The number of thioether (sulfide) groups is 1. The summed E-state index contributed by atoms with van der Waals surface area (Å²) in [6.07, 6.45) is -0.602. The van der Waals surface area contributed by atoms with Crippen LogP contribution in [0.1, 0.15) is 27.4 Å². The molecule has 0 aromatic heterocycles. The molecule has 1 saturated heterocycles. The van der Waals surface area contributed by atoms with Crippen LogP contribution in [0.5, 0.6) is 0 Å². The third-order valence-electron chi connectivity index (χ3n) is 6.17. The lowest BCUT2D eigenvalue weighted by Gasteiger charge is -2.29. The third kappa shape index (κ3) is 4.28. The molecule has 0 unspecified atom stereocenters. The van der Waals surface area contributed by atoms with Crippen molar-refractivity contribution in [3.63, 3.8) is 0 Å². The van der Waals surface area contributed by atoms with Gasteiger partial charge in [-0.05, 0) is 40.5 Å². The Morgan fingerprint density at radius 3 is 2.24 bits per heavy atom. The third-order valence-corrected chi connectivity index (χ3v) is 7.11. The van der Waals surface area contributed by atoms with Crippen molar-refractivity contribution < 1.29 is 19.4 Å². The zero-order valence-electron chi connectivity index (χ0n) is 18.0. The van der Waals surface area contributed by atoms with Gasteiger partial charge < -0.3 is 14.7 Å². The zero-order chi connectivity index (χ0) is 22.8.